The summed E-state index contributed by atoms with van der Waals surface area (Å²) in [6, 6.07) is 6.04. The summed E-state index contributed by atoms with van der Waals surface area (Å²) in [4.78, 5) is 0. The van der Waals surface area contributed by atoms with E-state index in [-0.39, 0.29) is 11.5 Å². The fourth-order valence-electron chi connectivity index (χ4n) is 3.11. The Hall–Kier alpha value is -1.22. The van der Waals surface area contributed by atoms with Crippen LogP contribution in [0.2, 0.25) is 0 Å². The molecule has 2 aliphatic heterocycles. The number of rotatable bonds is 0. The van der Waals surface area contributed by atoms with Gasteiger partial charge in [-0.15, -0.1) is 0 Å². The number of ether oxygens (including phenoxy) is 1. The summed E-state index contributed by atoms with van der Waals surface area (Å²) in [6.07, 6.45) is 2.56. The van der Waals surface area contributed by atoms with E-state index in [1.165, 1.54) is 5.56 Å². The molecule has 16 heavy (non-hydrogen) atoms. The van der Waals surface area contributed by atoms with Crippen molar-refractivity contribution in [1.82, 2.24) is 5.32 Å². The summed E-state index contributed by atoms with van der Waals surface area (Å²) in [5.74, 6) is 1.03. The molecule has 0 bridgehead atoms. The van der Waals surface area contributed by atoms with Gasteiger partial charge in [0.15, 0.2) is 0 Å². The monoisotopic (exact) mass is 218 g/mol. The summed E-state index contributed by atoms with van der Waals surface area (Å²) < 4.78 is 5.97. The van der Waals surface area contributed by atoms with Crippen molar-refractivity contribution in [3.05, 3.63) is 23.8 Å². The highest BCUT2D eigenvalue weighted by molar-refractivity contribution is 5.54. The second kappa shape index (κ2) is 3.39. The van der Waals surface area contributed by atoms with Gasteiger partial charge in [0, 0.05) is 16.7 Å². The van der Waals surface area contributed by atoms with Crippen molar-refractivity contribution in [1.29, 1.82) is 0 Å². The maximum atomic E-state index is 5.97. The highest BCUT2D eigenvalue weighted by Crippen LogP contribution is 2.48. The van der Waals surface area contributed by atoms with Gasteiger partial charge in [-0.3, -0.25) is 0 Å². The molecule has 2 aliphatic rings. The fourth-order valence-corrected chi connectivity index (χ4v) is 3.11. The van der Waals surface area contributed by atoms with Crippen LogP contribution in [-0.4, -0.2) is 19.2 Å². The molecule has 1 fully saturated rings. The molecule has 1 aromatic rings. The van der Waals surface area contributed by atoms with Gasteiger partial charge in [-0.1, -0.05) is 0 Å². The van der Waals surface area contributed by atoms with Gasteiger partial charge in [0.1, 0.15) is 11.9 Å². The average molecular weight is 218 g/mol. The van der Waals surface area contributed by atoms with Gasteiger partial charge in [-0.25, -0.2) is 0 Å². The first kappa shape index (κ1) is 9.97. The second-order valence-corrected chi connectivity index (χ2v) is 4.92. The smallest absolute Gasteiger partial charge is 0.123 e. The number of anilines is 1. The van der Waals surface area contributed by atoms with Crippen LogP contribution in [-0.2, 0) is 5.41 Å². The number of fused-ring (bicyclic) bond motifs is 2. The van der Waals surface area contributed by atoms with Crippen LogP contribution in [0.15, 0.2) is 18.2 Å². The van der Waals surface area contributed by atoms with E-state index in [9.17, 15) is 0 Å². The minimum atomic E-state index is 0.190. The van der Waals surface area contributed by atoms with E-state index in [2.05, 4.69) is 18.3 Å². The number of nitrogen functional groups attached to an aromatic ring is 1. The molecule has 1 aromatic carbocycles. The van der Waals surface area contributed by atoms with Crippen LogP contribution in [0.1, 0.15) is 25.3 Å². The molecule has 3 N–H and O–H groups in total. The lowest BCUT2D eigenvalue weighted by atomic mass is 9.71. The van der Waals surface area contributed by atoms with Crippen LogP contribution in [0.3, 0.4) is 0 Å². The normalized spacial score (nSPS) is 26.4. The van der Waals surface area contributed by atoms with Crippen LogP contribution in [0, 0.1) is 0 Å². The van der Waals surface area contributed by atoms with Crippen molar-refractivity contribution in [3.63, 3.8) is 0 Å². The Labute approximate surface area is 96.0 Å². The molecule has 0 saturated carbocycles. The summed E-state index contributed by atoms with van der Waals surface area (Å²) in [5, 5.41) is 3.42. The van der Waals surface area contributed by atoms with Crippen LogP contribution in [0.4, 0.5) is 5.69 Å². The highest BCUT2D eigenvalue weighted by Gasteiger charge is 2.46. The predicted octanol–water partition coefficient (Wildman–Crippen LogP) is 1.67. The van der Waals surface area contributed by atoms with Gasteiger partial charge in [0.25, 0.3) is 0 Å². The zero-order chi connectivity index (χ0) is 11.2. The van der Waals surface area contributed by atoms with Gasteiger partial charge in [-0.05, 0) is 51.1 Å². The third kappa shape index (κ3) is 1.24. The SMILES string of the molecule is CC1Oc2ccc(N)cc2C12CCNCC2. The minimum Gasteiger partial charge on any atom is -0.489 e. The summed E-state index contributed by atoms with van der Waals surface area (Å²) in [5.41, 5.74) is 8.25. The lowest BCUT2D eigenvalue weighted by molar-refractivity contribution is 0.134. The maximum Gasteiger partial charge on any atom is 0.123 e. The maximum absolute atomic E-state index is 5.97. The number of hydrogen-bond donors (Lipinski definition) is 2. The second-order valence-electron chi connectivity index (χ2n) is 4.92. The van der Waals surface area contributed by atoms with E-state index < -0.39 is 0 Å². The predicted molar refractivity (Wildman–Crippen MR) is 64.7 cm³/mol. The first-order valence-electron chi connectivity index (χ1n) is 6.00. The van der Waals surface area contributed by atoms with Gasteiger partial charge in [0.2, 0.25) is 0 Å². The van der Waals surface area contributed by atoms with Crippen LogP contribution < -0.4 is 15.8 Å². The molecule has 3 rings (SSSR count). The van der Waals surface area contributed by atoms with Crippen molar-refractivity contribution in [2.24, 2.45) is 0 Å². The molecule has 0 radical (unpaired) electrons. The molecule has 3 nitrogen and oxygen atoms in total. The number of piperidine rings is 1. The third-order valence-corrected chi connectivity index (χ3v) is 4.12. The van der Waals surface area contributed by atoms with Crippen molar-refractivity contribution in [3.8, 4) is 5.75 Å². The Morgan fingerprint density at radius 1 is 1.38 bits per heavy atom. The van der Waals surface area contributed by atoms with E-state index in [4.69, 9.17) is 10.5 Å². The molecular weight excluding hydrogens is 200 g/mol. The number of benzene rings is 1. The quantitative estimate of drug-likeness (QED) is 0.651. The zero-order valence-corrected chi connectivity index (χ0v) is 9.62. The Bertz CT molecular complexity index is 410. The Morgan fingerprint density at radius 2 is 2.12 bits per heavy atom. The molecule has 0 aliphatic carbocycles. The van der Waals surface area contributed by atoms with E-state index in [1.807, 2.05) is 12.1 Å². The molecule has 1 unspecified atom stereocenters. The Morgan fingerprint density at radius 3 is 2.88 bits per heavy atom. The van der Waals surface area contributed by atoms with Gasteiger partial charge >= 0.3 is 0 Å². The minimum absolute atomic E-state index is 0.190. The van der Waals surface area contributed by atoms with Gasteiger partial charge < -0.3 is 15.8 Å². The lowest BCUT2D eigenvalue weighted by Crippen LogP contribution is -2.45. The highest BCUT2D eigenvalue weighted by atomic mass is 16.5. The fraction of sp³-hybridized carbons (Fsp3) is 0.538. The standard InChI is InChI=1S/C13H18N2O/c1-9-13(4-6-15-7-5-13)11-8-10(14)2-3-12(11)16-9/h2-3,8-9,15H,4-7,14H2,1H3. The van der Waals surface area contributed by atoms with Crippen molar-refractivity contribution in [2.45, 2.75) is 31.3 Å². The largest absolute Gasteiger partial charge is 0.489 e. The van der Waals surface area contributed by atoms with Gasteiger partial charge in [-0.2, -0.15) is 0 Å². The molecule has 1 saturated heterocycles. The van der Waals surface area contributed by atoms with Crippen molar-refractivity contribution < 1.29 is 4.74 Å². The first-order chi connectivity index (χ1) is 7.72. The molecule has 1 atom stereocenters. The van der Waals surface area contributed by atoms with E-state index >= 15 is 0 Å². The topological polar surface area (TPSA) is 47.3 Å². The van der Waals surface area contributed by atoms with Crippen molar-refractivity contribution >= 4 is 5.69 Å². The Balaban J connectivity index is 2.09. The molecule has 86 valence electrons. The first-order valence-corrected chi connectivity index (χ1v) is 6.00. The van der Waals surface area contributed by atoms with Crippen LogP contribution in [0.25, 0.3) is 0 Å². The molecule has 3 heteroatoms. The number of hydrogen-bond acceptors (Lipinski definition) is 3. The van der Waals surface area contributed by atoms with Gasteiger partial charge in [0.05, 0.1) is 0 Å². The summed E-state index contributed by atoms with van der Waals surface area (Å²) in [7, 11) is 0. The third-order valence-electron chi connectivity index (χ3n) is 4.12. The average Bonchev–Trinajstić information content (AvgIpc) is 2.55. The molecule has 0 amide bonds. The number of nitrogens with one attached hydrogen (secondary N) is 1. The number of nitrogens with two attached hydrogens (primary N) is 1. The van der Waals surface area contributed by atoms with E-state index in [1.54, 1.807) is 0 Å². The Kier molecular flexibility index (Phi) is 2.11. The summed E-state index contributed by atoms with van der Waals surface area (Å²) >= 11 is 0. The molecule has 1 spiro atoms. The lowest BCUT2D eigenvalue weighted by Gasteiger charge is -2.36. The zero-order valence-electron chi connectivity index (χ0n) is 9.62. The summed E-state index contributed by atoms with van der Waals surface area (Å²) in [6.45, 7) is 4.32. The molecular formula is C13H18N2O. The van der Waals surface area contributed by atoms with E-state index in [0.717, 1.165) is 37.4 Å². The van der Waals surface area contributed by atoms with Crippen molar-refractivity contribution in [2.75, 3.05) is 18.8 Å². The van der Waals surface area contributed by atoms with Crippen LogP contribution in [0.5, 0.6) is 5.75 Å². The van der Waals surface area contributed by atoms with E-state index in [0.29, 0.717) is 0 Å². The molecule has 2 heterocycles. The van der Waals surface area contributed by atoms with Crippen LogP contribution >= 0.6 is 0 Å². The molecule has 0 aromatic heterocycles.